The van der Waals surface area contributed by atoms with Gasteiger partial charge in [-0.25, -0.2) is 9.67 Å². The second-order valence-electron chi connectivity index (χ2n) is 7.68. The fraction of sp³-hybridized carbons (Fsp3) is 0. The molecule has 0 amide bonds. The molecule has 0 fully saturated rings. The van der Waals surface area contributed by atoms with E-state index in [0.29, 0.717) is 11.4 Å². The van der Waals surface area contributed by atoms with E-state index in [4.69, 9.17) is 0 Å². The topological polar surface area (TPSA) is 83.2 Å². The van der Waals surface area contributed by atoms with Crippen LogP contribution in [0.3, 0.4) is 0 Å². The van der Waals surface area contributed by atoms with Crippen molar-refractivity contribution in [2.75, 3.05) is 0 Å². The Kier molecular flexibility index (Phi) is 5.04. The molecule has 3 aromatic heterocycles. The van der Waals surface area contributed by atoms with Crippen LogP contribution in [0.4, 0.5) is 0 Å². The minimum atomic E-state index is -0.147. The van der Waals surface area contributed by atoms with Crippen LogP contribution in [-0.2, 0) is 0 Å². The first-order valence-electron chi connectivity index (χ1n) is 10.7. The predicted octanol–water partition coefficient (Wildman–Crippen LogP) is 4.53. The summed E-state index contributed by atoms with van der Waals surface area (Å²) in [6, 6.07) is 29.2. The molecule has 0 aliphatic heterocycles. The highest BCUT2D eigenvalue weighted by atomic mass is 32.2. The van der Waals surface area contributed by atoms with Crippen LogP contribution in [0.2, 0.25) is 0 Å². The number of nitrogens with zero attached hydrogens (tertiary/aromatic N) is 4. The first kappa shape index (κ1) is 20.2. The van der Waals surface area contributed by atoms with Crippen molar-refractivity contribution in [3.63, 3.8) is 0 Å². The van der Waals surface area contributed by atoms with Gasteiger partial charge in [0.1, 0.15) is 5.69 Å². The average Bonchev–Trinajstić information content (AvgIpc) is 3.52. The fourth-order valence-corrected chi connectivity index (χ4v) is 4.60. The zero-order chi connectivity index (χ0) is 22.9. The lowest BCUT2D eigenvalue weighted by atomic mass is 10.3. The number of para-hydroxylation sites is 3. The SMILES string of the molecule is O=c1ccn(-c2cccc(Sc3nc4ccccc4[nH]3)c2)nc1-c1cc[n+](-c2ccccc2)[nH]1. The molecule has 8 heteroatoms. The van der Waals surface area contributed by atoms with Gasteiger partial charge >= 0.3 is 0 Å². The van der Waals surface area contributed by atoms with Crippen LogP contribution in [0.15, 0.2) is 118 Å². The first-order chi connectivity index (χ1) is 16.7. The summed E-state index contributed by atoms with van der Waals surface area (Å²) in [6.07, 6.45) is 3.57. The Bertz CT molecular complexity index is 1630. The van der Waals surface area contributed by atoms with E-state index in [1.54, 1.807) is 22.6 Å². The maximum absolute atomic E-state index is 12.6. The van der Waals surface area contributed by atoms with E-state index >= 15 is 0 Å². The van der Waals surface area contributed by atoms with E-state index in [0.717, 1.165) is 32.5 Å². The molecule has 3 aromatic carbocycles. The van der Waals surface area contributed by atoms with Crippen molar-refractivity contribution in [1.29, 1.82) is 0 Å². The Morgan fingerprint density at radius 2 is 1.74 bits per heavy atom. The van der Waals surface area contributed by atoms with Gasteiger partial charge in [0, 0.05) is 35.4 Å². The van der Waals surface area contributed by atoms with Crippen LogP contribution < -0.4 is 10.1 Å². The Balaban J connectivity index is 1.31. The summed E-state index contributed by atoms with van der Waals surface area (Å²) in [7, 11) is 0. The van der Waals surface area contributed by atoms with E-state index < -0.39 is 0 Å². The molecule has 0 spiro atoms. The van der Waals surface area contributed by atoms with Crippen LogP contribution in [0.5, 0.6) is 0 Å². The molecule has 0 bridgehead atoms. The Morgan fingerprint density at radius 1 is 0.882 bits per heavy atom. The summed E-state index contributed by atoms with van der Waals surface area (Å²) >= 11 is 1.55. The maximum Gasteiger partial charge on any atom is 0.235 e. The number of H-pyrrole nitrogens is 2. The molecule has 2 N–H and O–H groups in total. The van der Waals surface area contributed by atoms with E-state index in [-0.39, 0.29) is 5.43 Å². The molecule has 7 nitrogen and oxygen atoms in total. The molecule has 0 saturated heterocycles. The molecule has 0 radical (unpaired) electrons. The van der Waals surface area contributed by atoms with E-state index in [1.165, 1.54) is 6.07 Å². The molecular formula is C26H19N6OS+. The fourth-order valence-electron chi connectivity index (χ4n) is 3.74. The Hall–Kier alpha value is -4.43. The monoisotopic (exact) mass is 463 g/mol. The van der Waals surface area contributed by atoms with E-state index in [1.807, 2.05) is 95.8 Å². The number of aromatic nitrogens is 6. The number of imidazole rings is 1. The highest BCUT2D eigenvalue weighted by molar-refractivity contribution is 7.99. The third kappa shape index (κ3) is 3.91. The summed E-state index contributed by atoms with van der Waals surface area (Å²) in [5, 5.41) is 8.70. The van der Waals surface area contributed by atoms with Gasteiger partial charge in [-0.2, -0.15) is 10.2 Å². The molecule has 0 atom stereocenters. The smallest absolute Gasteiger partial charge is 0.235 e. The largest absolute Gasteiger partial charge is 0.333 e. The van der Waals surface area contributed by atoms with Gasteiger partial charge in [-0.3, -0.25) is 4.79 Å². The zero-order valence-electron chi connectivity index (χ0n) is 17.9. The van der Waals surface area contributed by atoms with Gasteiger partial charge in [-0.1, -0.05) is 52.8 Å². The average molecular weight is 464 g/mol. The second-order valence-corrected chi connectivity index (χ2v) is 8.74. The van der Waals surface area contributed by atoms with Gasteiger partial charge in [0.15, 0.2) is 10.9 Å². The van der Waals surface area contributed by atoms with Crippen LogP contribution in [0, 0.1) is 0 Å². The molecule has 3 heterocycles. The molecule has 6 rings (SSSR count). The molecule has 0 unspecified atom stereocenters. The van der Waals surface area contributed by atoms with Gasteiger partial charge in [-0.15, -0.1) is 0 Å². The van der Waals surface area contributed by atoms with Crippen molar-refractivity contribution in [1.82, 2.24) is 24.8 Å². The number of rotatable bonds is 5. The number of aromatic amines is 2. The third-order valence-corrected chi connectivity index (χ3v) is 6.27. The third-order valence-electron chi connectivity index (χ3n) is 5.39. The van der Waals surface area contributed by atoms with Crippen molar-refractivity contribution >= 4 is 22.8 Å². The van der Waals surface area contributed by atoms with Gasteiger partial charge in [0.05, 0.1) is 16.7 Å². The number of fused-ring (bicyclic) bond motifs is 1. The molecule has 0 aliphatic rings. The second kappa shape index (κ2) is 8.49. The van der Waals surface area contributed by atoms with Crippen molar-refractivity contribution in [3.05, 3.63) is 114 Å². The van der Waals surface area contributed by atoms with Crippen LogP contribution in [0.25, 0.3) is 33.8 Å². The summed E-state index contributed by atoms with van der Waals surface area (Å²) in [6.45, 7) is 0. The predicted molar refractivity (Wildman–Crippen MR) is 131 cm³/mol. The highest BCUT2D eigenvalue weighted by Gasteiger charge is 2.15. The lowest BCUT2D eigenvalue weighted by molar-refractivity contribution is -0.654. The van der Waals surface area contributed by atoms with Gasteiger partial charge in [-0.05, 0) is 30.3 Å². The number of hydrogen-bond donors (Lipinski definition) is 2. The molecular weight excluding hydrogens is 444 g/mol. The van der Waals surface area contributed by atoms with Gasteiger partial charge < -0.3 is 4.98 Å². The minimum absolute atomic E-state index is 0.147. The first-order valence-corrected chi connectivity index (χ1v) is 11.5. The molecule has 0 aliphatic carbocycles. The lowest BCUT2D eigenvalue weighted by Crippen LogP contribution is -2.31. The van der Waals surface area contributed by atoms with Gasteiger partial charge in [0.2, 0.25) is 17.3 Å². The Labute approximate surface area is 198 Å². The summed E-state index contributed by atoms with van der Waals surface area (Å²) in [5.41, 5.74) is 4.62. The highest BCUT2D eigenvalue weighted by Crippen LogP contribution is 2.28. The van der Waals surface area contributed by atoms with Crippen molar-refractivity contribution in [2.45, 2.75) is 10.1 Å². The standard InChI is InChI=1S/C26H18N6OS/c33-24-14-16-32(30-25(24)23-13-15-31(29-23)18-7-2-1-3-8-18)19-9-6-10-20(17-19)34-26-27-21-11-4-5-12-22(21)28-26/h1-17H,(H,27,28)/p+1. The summed E-state index contributed by atoms with van der Waals surface area (Å²) < 4.78 is 3.57. The summed E-state index contributed by atoms with van der Waals surface area (Å²) in [4.78, 5) is 21.6. The van der Waals surface area contributed by atoms with Crippen molar-refractivity contribution < 1.29 is 4.68 Å². The summed E-state index contributed by atoms with van der Waals surface area (Å²) in [5.74, 6) is 0. The van der Waals surface area contributed by atoms with Crippen LogP contribution in [0.1, 0.15) is 0 Å². The number of nitrogens with one attached hydrogen (secondary N) is 2. The molecule has 0 saturated carbocycles. The minimum Gasteiger partial charge on any atom is -0.333 e. The molecule has 34 heavy (non-hydrogen) atoms. The van der Waals surface area contributed by atoms with Crippen LogP contribution in [-0.4, -0.2) is 24.8 Å². The van der Waals surface area contributed by atoms with Crippen LogP contribution >= 0.6 is 11.8 Å². The number of hydrogen-bond acceptors (Lipinski definition) is 4. The van der Waals surface area contributed by atoms with E-state index in [9.17, 15) is 4.79 Å². The maximum atomic E-state index is 12.6. The van der Waals surface area contributed by atoms with Crippen molar-refractivity contribution in [2.24, 2.45) is 0 Å². The zero-order valence-corrected chi connectivity index (χ0v) is 18.7. The number of benzene rings is 3. The normalized spacial score (nSPS) is 11.2. The quantitative estimate of drug-likeness (QED) is 0.368. The Morgan fingerprint density at radius 3 is 2.62 bits per heavy atom. The van der Waals surface area contributed by atoms with Gasteiger partial charge in [0.25, 0.3) is 0 Å². The molecule has 164 valence electrons. The van der Waals surface area contributed by atoms with Crippen molar-refractivity contribution in [3.8, 4) is 22.8 Å². The van der Waals surface area contributed by atoms with E-state index in [2.05, 4.69) is 20.2 Å². The molecule has 6 aromatic rings. The lowest BCUT2D eigenvalue weighted by Gasteiger charge is -2.08.